The van der Waals surface area contributed by atoms with Gasteiger partial charge in [0.1, 0.15) is 0 Å². The topological polar surface area (TPSA) is 84.6 Å². The summed E-state index contributed by atoms with van der Waals surface area (Å²) in [5.74, 6) is 0.0114. The van der Waals surface area contributed by atoms with Crippen LogP contribution in [-0.4, -0.2) is 42.4 Å². The van der Waals surface area contributed by atoms with Crippen molar-refractivity contribution in [3.05, 3.63) is 0 Å². The molecule has 0 aliphatic carbocycles. The summed E-state index contributed by atoms with van der Waals surface area (Å²) in [6.45, 7) is 4.81. The number of rotatable bonds is 5. The molecule has 0 aromatic carbocycles. The number of aliphatic hydroxyl groups excluding tert-OH is 1. The van der Waals surface area contributed by atoms with Crippen molar-refractivity contribution in [3.8, 4) is 0 Å². The van der Waals surface area contributed by atoms with Gasteiger partial charge in [0.15, 0.2) is 0 Å². The van der Waals surface area contributed by atoms with Crippen LogP contribution in [0.1, 0.15) is 20.3 Å². The molecule has 0 aromatic heterocycles. The fourth-order valence-electron chi connectivity index (χ4n) is 1.70. The van der Waals surface area contributed by atoms with Gasteiger partial charge < -0.3 is 15.6 Å². The third-order valence-electron chi connectivity index (χ3n) is 2.52. The molecule has 5 heteroatoms. The van der Waals surface area contributed by atoms with Gasteiger partial charge in [-0.05, 0) is 12.3 Å². The molecule has 0 radical (unpaired) electrons. The number of carbonyl (C=O) groups is 1. The molecule has 5 nitrogen and oxygen atoms in total. The number of ether oxygens (including phenoxy) is 1. The molecule has 1 fully saturated rings. The Kier molecular flexibility index (Phi) is 4.50. The van der Waals surface area contributed by atoms with Gasteiger partial charge in [0.05, 0.1) is 31.4 Å². The molecule has 1 aliphatic heterocycles. The van der Waals surface area contributed by atoms with E-state index >= 15 is 0 Å². The number of aliphatic hydroxyl groups is 1. The Morgan fingerprint density at radius 1 is 1.60 bits per heavy atom. The van der Waals surface area contributed by atoms with Gasteiger partial charge in [-0.3, -0.25) is 10.1 Å². The van der Waals surface area contributed by atoms with Crippen LogP contribution in [0.5, 0.6) is 0 Å². The molecule has 4 N–H and O–H groups in total. The van der Waals surface area contributed by atoms with Crippen LogP contribution in [0, 0.1) is 5.92 Å². The van der Waals surface area contributed by atoms with Gasteiger partial charge in [-0.1, -0.05) is 13.8 Å². The molecule has 0 spiro atoms. The van der Waals surface area contributed by atoms with Crippen LogP contribution in [-0.2, 0) is 9.53 Å². The number of hydrogen-bond acceptors (Lipinski definition) is 4. The molecule has 1 saturated heterocycles. The number of nitrogens with one attached hydrogen (secondary N) is 1. The fraction of sp³-hybridized carbons (Fsp3) is 0.900. The molecule has 1 heterocycles. The lowest BCUT2D eigenvalue weighted by Crippen LogP contribution is -2.51. The normalized spacial score (nSPS) is 28.3. The monoisotopic (exact) mass is 216 g/mol. The van der Waals surface area contributed by atoms with Crippen LogP contribution in [0.15, 0.2) is 0 Å². The number of hydrogen-bond donors (Lipinski definition) is 3. The van der Waals surface area contributed by atoms with Crippen molar-refractivity contribution in [2.75, 3.05) is 13.2 Å². The van der Waals surface area contributed by atoms with E-state index in [0.717, 1.165) is 0 Å². The van der Waals surface area contributed by atoms with Crippen LogP contribution in [0.2, 0.25) is 0 Å². The highest BCUT2D eigenvalue weighted by Crippen LogP contribution is 2.10. The second-order valence-corrected chi connectivity index (χ2v) is 4.46. The van der Waals surface area contributed by atoms with Gasteiger partial charge in [0, 0.05) is 0 Å². The predicted molar refractivity (Wildman–Crippen MR) is 56.2 cm³/mol. The van der Waals surface area contributed by atoms with Crippen LogP contribution in [0.3, 0.4) is 0 Å². The SMILES string of the molecule is CC(C)C[C@H](N[C@H]1COC[C@@H]1O)C(N)=O. The van der Waals surface area contributed by atoms with Crippen molar-refractivity contribution < 1.29 is 14.6 Å². The van der Waals surface area contributed by atoms with E-state index in [9.17, 15) is 9.90 Å². The highest BCUT2D eigenvalue weighted by Gasteiger charge is 2.30. The summed E-state index contributed by atoms with van der Waals surface area (Å²) in [5, 5.41) is 12.6. The first-order valence-corrected chi connectivity index (χ1v) is 5.32. The standard InChI is InChI=1S/C10H20N2O3/c1-6(2)3-7(10(11)14)12-8-4-15-5-9(8)13/h6-9,12-13H,3-5H2,1-2H3,(H2,11,14)/t7-,8-,9-/m0/s1. The number of primary amides is 1. The van der Waals surface area contributed by atoms with Crippen molar-refractivity contribution in [2.24, 2.45) is 11.7 Å². The largest absolute Gasteiger partial charge is 0.389 e. The fourth-order valence-corrected chi connectivity index (χ4v) is 1.70. The van der Waals surface area contributed by atoms with E-state index in [0.29, 0.717) is 25.6 Å². The Labute approximate surface area is 90.0 Å². The molecule has 0 aromatic rings. The molecular weight excluding hydrogens is 196 g/mol. The van der Waals surface area contributed by atoms with Gasteiger partial charge in [0.25, 0.3) is 0 Å². The average Bonchev–Trinajstić information content (AvgIpc) is 2.50. The highest BCUT2D eigenvalue weighted by atomic mass is 16.5. The molecule has 0 unspecified atom stereocenters. The summed E-state index contributed by atoms with van der Waals surface area (Å²) in [6.07, 6.45) is 0.137. The molecule has 0 bridgehead atoms. The van der Waals surface area contributed by atoms with Gasteiger partial charge in [0.2, 0.25) is 5.91 Å². The highest BCUT2D eigenvalue weighted by molar-refractivity contribution is 5.79. The maximum absolute atomic E-state index is 11.2. The zero-order valence-electron chi connectivity index (χ0n) is 9.27. The summed E-state index contributed by atoms with van der Waals surface area (Å²) in [5.41, 5.74) is 5.28. The first-order chi connectivity index (χ1) is 7.00. The molecule has 0 saturated carbocycles. The number of amides is 1. The summed E-state index contributed by atoms with van der Waals surface area (Å²) in [4.78, 5) is 11.2. The minimum atomic E-state index is -0.543. The first-order valence-electron chi connectivity index (χ1n) is 5.32. The molecule has 1 aliphatic rings. The van der Waals surface area contributed by atoms with Gasteiger partial charge in [-0.15, -0.1) is 0 Å². The maximum Gasteiger partial charge on any atom is 0.234 e. The zero-order chi connectivity index (χ0) is 11.4. The van der Waals surface area contributed by atoms with Crippen LogP contribution in [0.25, 0.3) is 0 Å². The zero-order valence-corrected chi connectivity index (χ0v) is 9.27. The maximum atomic E-state index is 11.2. The number of carbonyl (C=O) groups excluding carboxylic acids is 1. The molecule has 15 heavy (non-hydrogen) atoms. The summed E-state index contributed by atoms with van der Waals surface area (Å²) in [7, 11) is 0. The summed E-state index contributed by atoms with van der Waals surface area (Å²) >= 11 is 0. The lowest BCUT2D eigenvalue weighted by Gasteiger charge is -2.22. The predicted octanol–water partition coefficient (Wildman–Crippen LogP) is -0.764. The summed E-state index contributed by atoms with van der Waals surface area (Å²) in [6, 6.07) is -0.562. The molecule has 1 amide bonds. The van der Waals surface area contributed by atoms with Crippen molar-refractivity contribution >= 4 is 5.91 Å². The first kappa shape index (κ1) is 12.4. The lowest BCUT2D eigenvalue weighted by molar-refractivity contribution is -0.120. The molecule has 1 rings (SSSR count). The van der Waals surface area contributed by atoms with Crippen molar-refractivity contribution in [3.63, 3.8) is 0 Å². The molecular formula is C10H20N2O3. The third-order valence-corrected chi connectivity index (χ3v) is 2.52. The lowest BCUT2D eigenvalue weighted by atomic mass is 10.0. The van der Waals surface area contributed by atoms with Crippen LogP contribution < -0.4 is 11.1 Å². The van der Waals surface area contributed by atoms with E-state index in [2.05, 4.69) is 5.32 Å². The van der Waals surface area contributed by atoms with E-state index in [-0.39, 0.29) is 18.0 Å². The Hall–Kier alpha value is -0.650. The minimum Gasteiger partial charge on any atom is -0.389 e. The third kappa shape index (κ3) is 3.77. The van der Waals surface area contributed by atoms with Crippen LogP contribution >= 0.6 is 0 Å². The van der Waals surface area contributed by atoms with E-state index in [1.165, 1.54) is 0 Å². The Balaban J connectivity index is 2.46. The number of nitrogens with two attached hydrogens (primary N) is 1. The van der Waals surface area contributed by atoms with Crippen LogP contribution in [0.4, 0.5) is 0 Å². The van der Waals surface area contributed by atoms with E-state index in [4.69, 9.17) is 10.5 Å². The van der Waals surface area contributed by atoms with E-state index < -0.39 is 6.10 Å². The van der Waals surface area contributed by atoms with Gasteiger partial charge >= 0.3 is 0 Å². The average molecular weight is 216 g/mol. The smallest absolute Gasteiger partial charge is 0.234 e. The Bertz CT molecular complexity index is 221. The second kappa shape index (κ2) is 5.44. The van der Waals surface area contributed by atoms with Crippen molar-refractivity contribution in [2.45, 2.75) is 38.5 Å². The molecule has 88 valence electrons. The quantitative estimate of drug-likeness (QED) is 0.564. The molecule has 3 atom stereocenters. The van der Waals surface area contributed by atoms with Crippen molar-refractivity contribution in [1.82, 2.24) is 5.32 Å². The van der Waals surface area contributed by atoms with Gasteiger partial charge in [-0.25, -0.2) is 0 Å². The van der Waals surface area contributed by atoms with Crippen molar-refractivity contribution in [1.29, 1.82) is 0 Å². The second-order valence-electron chi connectivity index (χ2n) is 4.46. The van der Waals surface area contributed by atoms with E-state index in [1.54, 1.807) is 0 Å². The van der Waals surface area contributed by atoms with Gasteiger partial charge in [-0.2, -0.15) is 0 Å². The minimum absolute atomic E-state index is 0.179. The van der Waals surface area contributed by atoms with E-state index in [1.807, 2.05) is 13.8 Å². The Morgan fingerprint density at radius 3 is 2.67 bits per heavy atom. The Morgan fingerprint density at radius 2 is 2.27 bits per heavy atom. The summed E-state index contributed by atoms with van der Waals surface area (Å²) < 4.78 is 5.09.